The summed E-state index contributed by atoms with van der Waals surface area (Å²) in [7, 11) is 0. The van der Waals surface area contributed by atoms with Gasteiger partial charge in [-0.05, 0) is 124 Å². The number of nitrogens with zero attached hydrogens (tertiary/aromatic N) is 1. The normalized spacial score (nSPS) is 16.6. The van der Waals surface area contributed by atoms with Gasteiger partial charge in [0.05, 0.1) is 42.8 Å². The zero-order chi connectivity index (χ0) is 61.1. The Morgan fingerprint density at radius 2 is 0.795 bits per heavy atom. The van der Waals surface area contributed by atoms with Crippen LogP contribution in [0.1, 0.15) is 65.1 Å². The molecule has 3 aliphatic carbocycles. The highest BCUT2D eigenvalue weighted by atomic mass is 15.1. The van der Waals surface area contributed by atoms with Crippen molar-refractivity contribution in [3.05, 3.63) is 329 Å². The van der Waals surface area contributed by atoms with Crippen molar-refractivity contribution in [2.24, 2.45) is 0 Å². The number of hydrogen-bond donors (Lipinski definition) is 0. The highest BCUT2D eigenvalue weighted by molar-refractivity contribution is 6.08. The molecule has 1 nitrogen and oxygen atoms in total. The van der Waals surface area contributed by atoms with Gasteiger partial charge in [0.1, 0.15) is 0 Å². The maximum absolute atomic E-state index is 10.6. The Hall–Kier alpha value is -9.30. The summed E-state index contributed by atoms with van der Waals surface area (Å²) in [6, 6.07) is 54.4. The Bertz CT molecular complexity index is 4920. The molecule has 0 bridgehead atoms. The summed E-state index contributed by atoms with van der Waals surface area (Å²) in [6.07, 6.45) is 0. The van der Waals surface area contributed by atoms with E-state index in [1.165, 1.54) is 0 Å². The molecule has 73 heavy (non-hydrogen) atoms. The standard InChI is InChI=1S/C72H47N/c1-4-21-48(22-5-1)49-39-41-51(42-40-49)69-55-28-11-10-23-50(55)43-46-68(69)73(54-44-45-59-58-31-12-16-33-61(58)71(66(59)47-54,52-24-6-2-7-25-52)53-26-8-3-9-27-53)67-38-20-37-65-70(67)60-32-15-19-36-64(60)72(65)62-34-17-13-29-56(62)57-30-14-18-35-63(57)72/h1-47H/i1D,4D,5D,10D,11D,21D,22D,23D,28D,39D,40D,41D,42D,43D,46D. The Kier molecular flexibility index (Phi) is 6.43. The summed E-state index contributed by atoms with van der Waals surface area (Å²) in [4.78, 5) is 1.79. The van der Waals surface area contributed by atoms with Gasteiger partial charge in [-0.15, -0.1) is 0 Å². The molecule has 3 aliphatic rings. The summed E-state index contributed by atoms with van der Waals surface area (Å²) in [6.45, 7) is 0. The van der Waals surface area contributed by atoms with Gasteiger partial charge in [0, 0.05) is 16.8 Å². The van der Waals surface area contributed by atoms with Gasteiger partial charge in [-0.1, -0.05) is 261 Å². The van der Waals surface area contributed by atoms with E-state index in [4.69, 9.17) is 8.22 Å². The molecule has 0 aliphatic heterocycles. The smallest absolute Gasteiger partial charge is 0.0726 e. The van der Waals surface area contributed by atoms with E-state index in [1.54, 1.807) is 4.90 Å². The molecule has 0 amide bonds. The summed E-state index contributed by atoms with van der Waals surface area (Å²) in [5, 5.41) is -0.762. The van der Waals surface area contributed by atoms with Gasteiger partial charge in [0.25, 0.3) is 0 Å². The van der Waals surface area contributed by atoms with Crippen LogP contribution in [-0.4, -0.2) is 0 Å². The lowest BCUT2D eigenvalue weighted by Gasteiger charge is -2.36. The zero-order valence-corrected chi connectivity index (χ0v) is 38.9. The van der Waals surface area contributed by atoms with Crippen LogP contribution < -0.4 is 4.90 Å². The molecule has 340 valence electrons. The predicted octanol–water partition coefficient (Wildman–Crippen LogP) is 18.4. The minimum atomic E-state index is -0.986. The van der Waals surface area contributed by atoms with Crippen molar-refractivity contribution in [3.8, 4) is 55.6 Å². The highest BCUT2D eigenvalue weighted by Crippen LogP contribution is 2.65. The minimum Gasteiger partial charge on any atom is -0.309 e. The maximum Gasteiger partial charge on any atom is 0.0726 e. The maximum atomic E-state index is 10.6. The number of fused-ring (bicyclic) bond motifs is 14. The van der Waals surface area contributed by atoms with Crippen LogP contribution in [0.5, 0.6) is 0 Å². The van der Waals surface area contributed by atoms with E-state index < -0.39 is 124 Å². The monoisotopic (exact) mass is 940 g/mol. The van der Waals surface area contributed by atoms with Crippen LogP contribution in [0.15, 0.2) is 285 Å². The topological polar surface area (TPSA) is 3.24 Å². The van der Waals surface area contributed by atoms with Gasteiger partial charge < -0.3 is 4.90 Å². The molecule has 0 saturated heterocycles. The fraction of sp³-hybridized carbons (Fsp3) is 0.0278. The van der Waals surface area contributed by atoms with Gasteiger partial charge in [-0.2, -0.15) is 0 Å². The fourth-order valence-electron chi connectivity index (χ4n) is 12.5. The lowest BCUT2D eigenvalue weighted by Crippen LogP contribution is -2.28. The molecule has 0 unspecified atom stereocenters. The van der Waals surface area contributed by atoms with E-state index in [1.807, 2.05) is 109 Å². The van der Waals surface area contributed by atoms with Crippen molar-refractivity contribution in [2.45, 2.75) is 10.8 Å². The van der Waals surface area contributed by atoms with E-state index in [2.05, 4.69) is 84.9 Å². The number of hydrogen-bond acceptors (Lipinski definition) is 1. The number of benzene rings is 12. The summed E-state index contributed by atoms with van der Waals surface area (Å²) in [5.74, 6) is 0. The lowest BCUT2D eigenvalue weighted by atomic mass is 9.67. The first-order chi connectivity index (χ1) is 42.5. The van der Waals surface area contributed by atoms with Gasteiger partial charge in [0.15, 0.2) is 0 Å². The van der Waals surface area contributed by atoms with Crippen molar-refractivity contribution in [1.82, 2.24) is 0 Å². The fourth-order valence-corrected chi connectivity index (χ4v) is 12.5. The molecule has 0 heterocycles. The average molecular weight is 941 g/mol. The van der Waals surface area contributed by atoms with Crippen LogP contribution in [0.25, 0.3) is 66.4 Å². The van der Waals surface area contributed by atoms with Crippen LogP contribution >= 0.6 is 0 Å². The molecule has 0 radical (unpaired) electrons. The molecule has 1 heteroatoms. The van der Waals surface area contributed by atoms with Crippen LogP contribution in [-0.2, 0) is 10.8 Å². The van der Waals surface area contributed by atoms with Gasteiger partial charge in [0.2, 0.25) is 0 Å². The first-order valence-corrected chi connectivity index (χ1v) is 24.3. The van der Waals surface area contributed by atoms with Gasteiger partial charge in [-0.3, -0.25) is 0 Å². The summed E-state index contributed by atoms with van der Waals surface area (Å²) >= 11 is 0. The Morgan fingerprint density at radius 1 is 0.301 bits per heavy atom. The molecule has 15 rings (SSSR count). The van der Waals surface area contributed by atoms with E-state index in [9.17, 15) is 12.3 Å². The third kappa shape index (κ3) is 5.79. The Labute approximate surface area is 447 Å². The molecule has 0 atom stereocenters. The van der Waals surface area contributed by atoms with Crippen molar-refractivity contribution < 1.29 is 20.6 Å². The third-order valence-electron chi connectivity index (χ3n) is 15.3. The van der Waals surface area contributed by atoms with Crippen LogP contribution in [0.3, 0.4) is 0 Å². The van der Waals surface area contributed by atoms with Crippen molar-refractivity contribution in [3.63, 3.8) is 0 Å². The molecule has 0 aromatic heterocycles. The van der Waals surface area contributed by atoms with Crippen molar-refractivity contribution in [2.75, 3.05) is 4.90 Å². The number of anilines is 3. The molecule has 0 fully saturated rings. The second kappa shape index (κ2) is 16.1. The second-order valence-corrected chi connectivity index (χ2v) is 18.7. The molecular weight excluding hydrogens is 879 g/mol. The SMILES string of the molecule is [2H]c1c([2H])c([2H])c(-c2c([2H])c([2H])c(-c3c(N(c4ccc5c(c4)C(c4ccccc4)(c4ccccc4)c4ccccc4-5)c4cccc5c4-c4ccccc4C54c5ccccc5-c5ccccc54)c([2H])c([2H])c4c([2H])c([2H])c([2H])c([2H])c34)c([2H])c2[2H])c([2H])c1[2H]. The van der Waals surface area contributed by atoms with E-state index in [0.29, 0.717) is 16.9 Å². The summed E-state index contributed by atoms with van der Waals surface area (Å²) in [5.41, 5.74) is 9.90. The molecular formula is C72H47N. The van der Waals surface area contributed by atoms with E-state index in [-0.39, 0.29) is 16.6 Å². The average Bonchev–Trinajstić information content (AvgIpc) is 1.47. The molecule has 1 spiro atoms. The van der Waals surface area contributed by atoms with Crippen LogP contribution in [0.4, 0.5) is 17.1 Å². The largest absolute Gasteiger partial charge is 0.309 e. The highest BCUT2D eigenvalue weighted by Gasteiger charge is 2.53. The lowest BCUT2D eigenvalue weighted by molar-refractivity contribution is 0.768. The summed E-state index contributed by atoms with van der Waals surface area (Å²) < 4.78 is 142. The van der Waals surface area contributed by atoms with E-state index >= 15 is 0 Å². The number of rotatable bonds is 7. The van der Waals surface area contributed by atoms with Gasteiger partial charge in [-0.25, -0.2) is 0 Å². The third-order valence-corrected chi connectivity index (χ3v) is 15.3. The van der Waals surface area contributed by atoms with E-state index in [0.717, 1.165) is 72.3 Å². The van der Waals surface area contributed by atoms with Crippen LogP contribution in [0.2, 0.25) is 0 Å². The second-order valence-electron chi connectivity index (χ2n) is 18.7. The van der Waals surface area contributed by atoms with Crippen LogP contribution in [0, 0.1) is 0 Å². The molecule has 0 N–H and O–H groups in total. The quantitative estimate of drug-likeness (QED) is 0.154. The molecule has 12 aromatic carbocycles. The molecule has 12 aromatic rings. The first-order valence-electron chi connectivity index (χ1n) is 31.8. The Morgan fingerprint density at radius 3 is 1.44 bits per heavy atom. The van der Waals surface area contributed by atoms with Gasteiger partial charge >= 0.3 is 0 Å². The predicted molar refractivity (Wildman–Crippen MR) is 303 cm³/mol. The van der Waals surface area contributed by atoms with Crippen molar-refractivity contribution >= 4 is 27.8 Å². The first kappa shape index (κ1) is 29.1. The van der Waals surface area contributed by atoms with Crippen molar-refractivity contribution in [1.29, 1.82) is 0 Å². The zero-order valence-electron chi connectivity index (χ0n) is 53.9. The Balaban J connectivity index is 1.14. The minimum absolute atomic E-state index is 0.210. The molecule has 0 saturated carbocycles.